The van der Waals surface area contributed by atoms with Crippen LogP contribution in [0.2, 0.25) is 0 Å². The number of likely N-dealkylation sites (N-methyl/N-ethyl adjacent to an activating group) is 1. The Hall–Kier alpha value is -1.07. The SMILES string of the molecule is CCNC(c1ccccc1)C(CC)OCCC(F)(F)F. The lowest BCUT2D eigenvalue weighted by atomic mass is 9.99. The molecule has 1 aromatic rings. The summed E-state index contributed by atoms with van der Waals surface area (Å²) in [5.74, 6) is 0. The van der Waals surface area contributed by atoms with E-state index in [4.69, 9.17) is 4.74 Å². The molecule has 0 aromatic heterocycles. The highest BCUT2D eigenvalue weighted by molar-refractivity contribution is 5.20. The molecule has 2 atom stereocenters. The van der Waals surface area contributed by atoms with Gasteiger partial charge in [0.15, 0.2) is 0 Å². The largest absolute Gasteiger partial charge is 0.391 e. The zero-order valence-corrected chi connectivity index (χ0v) is 11.9. The van der Waals surface area contributed by atoms with E-state index in [0.29, 0.717) is 6.42 Å². The maximum Gasteiger partial charge on any atom is 0.391 e. The predicted octanol–water partition coefficient (Wildman–Crippen LogP) is 4.08. The Morgan fingerprint density at radius 2 is 1.80 bits per heavy atom. The fraction of sp³-hybridized carbons (Fsp3) is 0.600. The summed E-state index contributed by atoms with van der Waals surface area (Å²) in [6.45, 7) is 4.33. The van der Waals surface area contributed by atoms with Crippen molar-refractivity contribution in [1.29, 1.82) is 0 Å². The van der Waals surface area contributed by atoms with E-state index in [1.54, 1.807) is 0 Å². The summed E-state index contributed by atoms with van der Waals surface area (Å²) in [6, 6.07) is 9.59. The maximum absolute atomic E-state index is 12.2. The minimum absolute atomic E-state index is 0.0839. The summed E-state index contributed by atoms with van der Waals surface area (Å²) in [4.78, 5) is 0. The molecule has 0 amide bonds. The van der Waals surface area contributed by atoms with Crippen LogP contribution in [-0.2, 0) is 4.74 Å². The minimum atomic E-state index is -4.17. The van der Waals surface area contributed by atoms with Crippen molar-refractivity contribution >= 4 is 0 Å². The highest BCUT2D eigenvalue weighted by Gasteiger charge is 2.28. The van der Waals surface area contributed by atoms with Gasteiger partial charge in [-0.15, -0.1) is 0 Å². The van der Waals surface area contributed by atoms with Gasteiger partial charge in [-0.25, -0.2) is 0 Å². The van der Waals surface area contributed by atoms with Crippen molar-refractivity contribution in [2.24, 2.45) is 0 Å². The van der Waals surface area contributed by atoms with Crippen molar-refractivity contribution in [3.8, 4) is 0 Å². The number of alkyl halides is 3. The lowest BCUT2D eigenvalue weighted by Gasteiger charge is -2.28. The molecule has 1 aromatic carbocycles. The van der Waals surface area contributed by atoms with E-state index in [9.17, 15) is 13.2 Å². The average Bonchev–Trinajstić information content (AvgIpc) is 2.41. The zero-order valence-electron chi connectivity index (χ0n) is 11.9. The predicted molar refractivity (Wildman–Crippen MR) is 73.6 cm³/mol. The Balaban J connectivity index is 2.67. The lowest BCUT2D eigenvalue weighted by Crippen LogP contribution is -2.34. The summed E-state index contributed by atoms with van der Waals surface area (Å²) < 4.78 is 42.0. The van der Waals surface area contributed by atoms with Gasteiger partial charge in [-0.2, -0.15) is 13.2 Å². The first-order valence-corrected chi connectivity index (χ1v) is 6.94. The highest BCUT2D eigenvalue weighted by Crippen LogP contribution is 2.24. The lowest BCUT2D eigenvalue weighted by molar-refractivity contribution is -0.150. The van der Waals surface area contributed by atoms with E-state index in [1.807, 2.05) is 44.2 Å². The van der Waals surface area contributed by atoms with E-state index >= 15 is 0 Å². The van der Waals surface area contributed by atoms with Crippen LogP contribution in [0.25, 0.3) is 0 Å². The molecular formula is C15H22F3NO. The molecule has 0 aliphatic rings. The molecule has 20 heavy (non-hydrogen) atoms. The van der Waals surface area contributed by atoms with E-state index in [1.165, 1.54) is 0 Å². The summed E-state index contributed by atoms with van der Waals surface area (Å²) in [5.41, 5.74) is 1.04. The van der Waals surface area contributed by atoms with Gasteiger partial charge >= 0.3 is 6.18 Å². The standard InChI is InChI=1S/C15H22F3NO/c1-3-13(20-11-10-15(16,17)18)14(19-4-2)12-8-6-5-7-9-12/h5-9,13-14,19H,3-4,10-11H2,1-2H3. The van der Waals surface area contributed by atoms with E-state index in [2.05, 4.69) is 5.32 Å². The smallest absolute Gasteiger partial charge is 0.376 e. The molecule has 0 aliphatic heterocycles. The van der Waals surface area contributed by atoms with Crippen molar-refractivity contribution in [2.45, 2.75) is 45.0 Å². The van der Waals surface area contributed by atoms with Crippen molar-refractivity contribution in [2.75, 3.05) is 13.2 Å². The number of rotatable bonds is 8. The van der Waals surface area contributed by atoms with Crippen molar-refractivity contribution < 1.29 is 17.9 Å². The molecule has 1 rings (SSSR count). The van der Waals surface area contributed by atoms with Gasteiger partial charge in [0, 0.05) is 0 Å². The second-order valence-corrected chi connectivity index (χ2v) is 4.63. The number of halogens is 3. The molecule has 1 N–H and O–H groups in total. The van der Waals surface area contributed by atoms with Gasteiger partial charge in [0.05, 0.1) is 25.2 Å². The molecule has 2 unspecified atom stereocenters. The van der Waals surface area contributed by atoms with Gasteiger partial charge in [0.25, 0.3) is 0 Å². The molecule has 0 saturated carbocycles. The van der Waals surface area contributed by atoms with Crippen LogP contribution in [0.3, 0.4) is 0 Å². The molecule has 0 aliphatic carbocycles. The van der Waals surface area contributed by atoms with Crippen molar-refractivity contribution in [1.82, 2.24) is 5.32 Å². The normalized spacial score (nSPS) is 15.1. The van der Waals surface area contributed by atoms with Crippen LogP contribution >= 0.6 is 0 Å². The minimum Gasteiger partial charge on any atom is -0.376 e. The molecule has 5 heteroatoms. The molecule has 114 valence electrons. The van der Waals surface area contributed by atoms with Crippen LogP contribution in [0.5, 0.6) is 0 Å². The van der Waals surface area contributed by atoms with E-state index in [-0.39, 0.29) is 18.8 Å². The summed E-state index contributed by atoms with van der Waals surface area (Å²) in [5, 5.41) is 3.29. The molecule has 2 nitrogen and oxygen atoms in total. The first-order chi connectivity index (χ1) is 9.48. The first kappa shape index (κ1) is 17.0. The fourth-order valence-electron chi connectivity index (χ4n) is 2.12. The number of hydrogen-bond acceptors (Lipinski definition) is 2. The highest BCUT2D eigenvalue weighted by atomic mass is 19.4. The molecule has 0 bridgehead atoms. The molecule has 0 saturated heterocycles. The number of ether oxygens (including phenoxy) is 1. The van der Waals surface area contributed by atoms with E-state index < -0.39 is 12.6 Å². The molecule has 0 heterocycles. The van der Waals surface area contributed by atoms with Gasteiger partial charge in [-0.3, -0.25) is 0 Å². The topological polar surface area (TPSA) is 21.3 Å². The number of nitrogens with one attached hydrogen (secondary N) is 1. The van der Waals surface area contributed by atoms with Gasteiger partial charge in [0.2, 0.25) is 0 Å². The Kier molecular flexibility index (Phi) is 7.02. The molecular weight excluding hydrogens is 267 g/mol. The second kappa shape index (κ2) is 8.27. The van der Waals surface area contributed by atoms with E-state index in [0.717, 1.165) is 12.1 Å². The molecule has 0 spiro atoms. The zero-order chi connectivity index (χ0) is 15.0. The van der Waals surface area contributed by atoms with Crippen LogP contribution in [0.15, 0.2) is 30.3 Å². The Morgan fingerprint density at radius 1 is 1.15 bits per heavy atom. The van der Waals surface area contributed by atoms with Gasteiger partial charge in [-0.1, -0.05) is 44.2 Å². The van der Waals surface area contributed by atoms with Gasteiger partial charge < -0.3 is 10.1 Å². The Morgan fingerprint density at radius 3 is 2.30 bits per heavy atom. The third kappa shape index (κ3) is 5.92. The van der Waals surface area contributed by atoms with Crippen molar-refractivity contribution in [3.05, 3.63) is 35.9 Å². The average molecular weight is 289 g/mol. The first-order valence-electron chi connectivity index (χ1n) is 6.94. The Bertz CT molecular complexity index is 367. The third-order valence-electron chi connectivity index (χ3n) is 3.07. The van der Waals surface area contributed by atoms with Crippen LogP contribution in [-0.4, -0.2) is 25.4 Å². The summed E-state index contributed by atoms with van der Waals surface area (Å²) in [6.07, 6.45) is -4.68. The van der Waals surface area contributed by atoms with Crippen LogP contribution in [0.1, 0.15) is 38.3 Å². The van der Waals surface area contributed by atoms with Crippen LogP contribution < -0.4 is 5.32 Å². The van der Waals surface area contributed by atoms with Crippen LogP contribution in [0, 0.1) is 0 Å². The van der Waals surface area contributed by atoms with Gasteiger partial charge in [-0.05, 0) is 18.5 Å². The maximum atomic E-state index is 12.2. The molecule has 0 fully saturated rings. The summed E-state index contributed by atoms with van der Waals surface area (Å²) in [7, 11) is 0. The summed E-state index contributed by atoms with van der Waals surface area (Å²) >= 11 is 0. The monoisotopic (exact) mass is 289 g/mol. The quantitative estimate of drug-likeness (QED) is 0.778. The van der Waals surface area contributed by atoms with Gasteiger partial charge in [0.1, 0.15) is 0 Å². The molecule has 0 radical (unpaired) electrons. The Labute approximate surface area is 118 Å². The second-order valence-electron chi connectivity index (χ2n) is 4.63. The number of hydrogen-bond donors (Lipinski definition) is 1. The number of benzene rings is 1. The third-order valence-corrected chi connectivity index (χ3v) is 3.07. The van der Waals surface area contributed by atoms with Crippen LogP contribution in [0.4, 0.5) is 13.2 Å². The fourth-order valence-corrected chi connectivity index (χ4v) is 2.12. The van der Waals surface area contributed by atoms with Crippen molar-refractivity contribution in [3.63, 3.8) is 0 Å².